The highest BCUT2D eigenvalue weighted by Gasteiger charge is 2.36. The van der Waals surface area contributed by atoms with Crippen LogP contribution in [0.1, 0.15) is 12.0 Å². The van der Waals surface area contributed by atoms with Gasteiger partial charge >= 0.3 is 12.2 Å². The van der Waals surface area contributed by atoms with Gasteiger partial charge in [-0.15, -0.1) is 0 Å². The summed E-state index contributed by atoms with van der Waals surface area (Å²) < 4.78 is 64.9. The molecule has 1 aliphatic rings. The summed E-state index contributed by atoms with van der Waals surface area (Å²) >= 11 is 0. The van der Waals surface area contributed by atoms with E-state index in [1.807, 2.05) is 0 Å². The first-order chi connectivity index (χ1) is 13.7. The number of benzene rings is 2. The molecule has 0 aromatic heterocycles. The summed E-state index contributed by atoms with van der Waals surface area (Å²) in [5.74, 6) is 0. The number of hydroxylamine groups is 1. The maximum Gasteiger partial charge on any atom is 0.416 e. The molecule has 1 atom stereocenters. The Morgan fingerprint density at radius 1 is 1.10 bits per heavy atom. The van der Waals surface area contributed by atoms with Gasteiger partial charge in [0.15, 0.2) is 0 Å². The number of hydrogen-bond donors (Lipinski definition) is 2. The van der Waals surface area contributed by atoms with Crippen LogP contribution < -0.4 is 10.8 Å². The van der Waals surface area contributed by atoms with E-state index in [2.05, 4.69) is 10.8 Å². The lowest BCUT2D eigenvalue weighted by Gasteiger charge is -2.18. The van der Waals surface area contributed by atoms with Crippen LogP contribution in [-0.2, 0) is 21.0 Å². The fraction of sp³-hybridized carbons (Fsp3) is 0.278. The molecule has 2 amide bonds. The molecule has 2 aromatic carbocycles. The monoisotopic (exact) mass is 429 g/mol. The Morgan fingerprint density at radius 3 is 2.52 bits per heavy atom. The zero-order valence-electron chi connectivity index (χ0n) is 15.0. The quantitative estimate of drug-likeness (QED) is 0.715. The summed E-state index contributed by atoms with van der Waals surface area (Å²) in [5, 5.41) is 2.54. The predicted molar refractivity (Wildman–Crippen MR) is 98.3 cm³/mol. The number of halogens is 3. The number of anilines is 1. The number of para-hydroxylation sites is 1. The number of nitrogens with zero attached hydrogens (tertiary/aromatic N) is 1. The summed E-state index contributed by atoms with van der Waals surface area (Å²) in [5.41, 5.74) is 1.71. The lowest BCUT2D eigenvalue weighted by Crippen LogP contribution is -2.35. The zero-order valence-corrected chi connectivity index (χ0v) is 15.8. The summed E-state index contributed by atoms with van der Waals surface area (Å²) in [7, 11) is -4.12. The van der Waals surface area contributed by atoms with Crippen LogP contribution in [-0.4, -0.2) is 37.9 Å². The van der Waals surface area contributed by atoms with Crippen molar-refractivity contribution in [3.05, 3.63) is 60.2 Å². The molecule has 0 radical (unpaired) electrons. The third kappa shape index (κ3) is 5.25. The number of carbonyl (C=O) groups excluding carboxylic acids is 1. The molecule has 3 rings (SSSR count). The van der Waals surface area contributed by atoms with Gasteiger partial charge in [0.2, 0.25) is 10.0 Å². The molecule has 1 fully saturated rings. The summed E-state index contributed by atoms with van der Waals surface area (Å²) in [6.45, 7) is -0.0323. The summed E-state index contributed by atoms with van der Waals surface area (Å²) in [6.07, 6.45) is -4.99. The zero-order chi connectivity index (χ0) is 21.1. The molecule has 2 N–H and O–H groups in total. The smallest absolute Gasteiger partial charge is 0.306 e. The normalized spacial score (nSPS) is 17.8. The van der Waals surface area contributed by atoms with E-state index in [0.29, 0.717) is 11.8 Å². The van der Waals surface area contributed by atoms with Crippen LogP contribution in [0.2, 0.25) is 0 Å². The Balaban J connectivity index is 1.58. The van der Waals surface area contributed by atoms with Gasteiger partial charge in [0.25, 0.3) is 0 Å². The maximum atomic E-state index is 12.9. The number of nitrogens with one attached hydrogen (secondary N) is 2. The first-order valence-electron chi connectivity index (χ1n) is 8.61. The van der Waals surface area contributed by atoms with Crippen molar-refractivity contribution in [2.24, 2.45) is 0 Å². The number of rotatable bonds is 5. The van der Waals surface area contributed by atoms with Crippen molar-refractivity contribution >= 4 is 21.7 Å². The van der Waals surface area contributed by atoms with E-state index >= 15 is 0 Å². The van der Waals surface area contributed by atoms with E-state index < -0.39 is 38.8 Å². The van der Waals surface area contributed by atoms with E-state index in [1.165, 1.54) is 0 Å². The van der Waals surface area contributed by atoms with Gasteiger partial charge < -0.3 is 5.32 Å². The van der Waals surface area contributed by atoms with Crippen molar-refractivity contribution in [1.29, 1.82) is 0 Å². The van der Waals surface area contributed by atoms with Crippen LogP contribution in [0.15, 0.2) is 59.5 Å². The molecule has 0 spiro atoms. The Morgan fingerprint density at radius 2 is 1.83 bits per heavy atom. The standard InChI is InChI=1S/C18H18F3N3O4S/c19-18(20,21)13-5-4-8-16(11-13)29(26,27)24-10-9-15(12-24)28-23-17(25)22-14-6-2-1-3-7-14/h1-8,11,15H,9-10,12H2,(H2,22,23,25). The predicted octanol–water partition coefficient (Wildman–Crippen LogP) is 3.22. The number of amides is 2. The Labute approximate surface area is 165 Å². The number of urea groups is 1. The van der Waals surface area contributed by atoms with Gasteiger partial charge in [-0.3, -0.25) is 4.84 Å². The topological polar surface area (TPSA) is 87.7 Å². The molecule has 156 valence electrons. The molecule has 11 heteroatoms. The van der Waals surface area contributed by atoms with Crippen molar-refractivity contribution in [2.45, 2.75) is 23.6 Å². The largest absolute Gasteiger partial charge is 0.416 e. The van der Waals surface area contributed by atoms with E-state index in [9.17, 15) is 26.4 Å². The summed E-state index contributed by atoms with van der Waals surface area (Å²) in [4.78, 5) is 16.6. The van der Waals surface area contributed by atoms with Crippen LogP contribution in [0, 0.1) is 0 Å². The number of alkyl halides is 3. The molecular formula is C18H18F3N3O4S. The van der Waals surface area contributed by atoms with E-state index in [4.69, 9.17) is 4.84 Å². The average Bonchev–Trinajstić information content (AvgIpc) is 3.17. The van der Waals surface area contributed by atoms with Crippen LogP contribution in [0.25, 0.3) is 0 Å². The van der Waals surface area contributed by atoms with E-state index in [1.54, 1.807) is 30.3 Å². The SMILES string of the molecule is O=C(NOC1CCN(S(=O)(=O)c2cccc(C(F)(F)F)c2)C1)Nc1ccccc1. The molecule has 1 saturated heterocycles. The number of carbonyl (C=O) groups is 1. The van der Waals surface area contributed by atoms with Crippen molar-refractivity contribution in [2.75, 3.05) is 18.4 Å². The Kier molecular flexibility index (Phi) is 6.10. The van der Waals surface area contributed by atoms with Gasteiger partial charge in [-0.2, -0.15) is 17.5 Å². The Bertz CT molecular complexity index is 968. The van der Waals surface area contributed by atoms with E-state index in [-0.39, 0.29) is 19.5 Å². The lowest BCUT2D eigenvalue weighted by molar-refractivity contribution is -0.137. The molecule has 0 saturated carbocycles. The third-order valence-corrected chi connectivity index (χ3v) is 6.12. The minimum absolute atomic E-state index is 0.0607. The summed E-state index contributed by atoms with van der Waals surface area (Å²) in [6, 6.07) is 11.6. The average molecular weight is 429 g/mol. The number of hydrogen-bond acceptors (Lipinski definition) is 4. The number of sulfonamides is 1. The van der Waals surface area contributed by atoms with Crippen molar-refractivity contribution in [3.63, 3.8) is 0 Å². The molecule has 7 nitrogen and oxygen atoms in total. The van der Waals surface area contributed by atoms with Gasteiger partial charge in [0.05, 0.1) is 10.5 Å². The lowest BCUT2D eigenvalue weighted by atomic mass is 10.2. The second-order valence-corrected chi connectivity index (χ2v) is 8.28. The second kappa shape index (κ2) is 8.39. The minimum atomic E-state index is -4.64. The molecular weight excluding hydrogens is 411 g/mol. The molecule has 1 aliphatic heterocycles. The van der Waals surface area contributed by atoms with Gasteiger partial charge in [-0.25, -0.2) is 18.7 Å². The van der Waals surface area contributed by atoms with Crippen LogP contribution >= 0.6 is 0 Å². The fourth-order valence-electron chi connectivity index (χ4n) is 2.81. The first kappa shape index (κ1) is 21.1. The second-order valence-electron chi connectivity index (χ2n) is 6.34. The van der Waals surface area contributed by atoms with Gasteiger partial charge in [-0.1, -0.05) is 24.3 Å². The van der Waals surface area contributed by atoms with E-state index in [0.717, 1.165) is 22.5 Å². The molecule has 29 heavy (non-hydrogen) atoms. The molecule has 1 heterocycles. The highest BCUT2D eigenvalue weighted by Crippen LogP contribution is 2.31. The molecule has 0 bridgehead atoms. The van der Waals surface area contributed by atoms with Crippen molar-refractivity contribution in [1.82, 2.24) is 9.79 Å². The third-order valence-electron chi connectivity index (χ3n) is 4.26. The maximum absolute atomic E-state index is 12.9. The van der Waals surface area contributed by atoms with Crippen LogP contribution in [0.5, 0.6) is 0 Å². The van der Waals surface area contributed by atoms with Gasteiger partial charge in [-0.05, 0) is 36.8 Å². The highest BCUT2D eigenvalue weighted by atomic mass is 32.2. The molecule has 0 aliphatic carbocycles. The Hall–Kier alpha value is -2.63. The molecule has 1 unspecified atom stereocenters. The van der Waals surface area contributed by atoms with Crippen molar-refractivity contribution < 1.29 is 31.2 Å². The van der Waals surface area contributed by atoms with Crippen LogP contribution in [0.4, 0.5) is 23.7 Å². The van der Waals surface area contributed by atoms with Crippen LogP contribution in [0.3, 0.4) is 0 Å². The fourth-order valence-corrected chi connectivity index (χ4v) is 4.34. The minimum Gasteiger partial charge on any atom is -0.306 e. The molecule has 2 aromatic rings. The first-order valence-corrected chi connectivity index (χ1v) is 10.1. The highest BCUT2D eigenvalue weighted by molar-refractivity contribution is 7.89. The van der Waals surface area contributed by atoms with Crippen molar-refractivity contribution in [3.8, 4) is 0 Å². The van der Waals surface area contributed by atoms with Gasteiger partial charge in [0, 0.05) is 18.8 Å². The van der Waals surface area contributed by atoms with Gasteiger partial charge in [0.1, 0.15) is 6.10 Å².